The SMILES string of the molecule is CC(C)(C)c1ccc(N2c3ccc(C(C)(C)C)cc3B3c4ccc(-c5ccccc5)cc4N(c4cc(-c5ccccc5)c5c(c4)-c4ccccc4C54C5CC6CC5CC64)c4cc([Si](C)(C)C)cc2c43)cc1. The standard InChI is InChI=1S/C67H65BN2Si/c1-65(2,3)46-25-28-48(29-26-46)69-59-31-27-47(66(4,5)6)36-58(59)68-57-30-24-43(41-18-12-10-13-19-41)35-60(57)70(62-40-50(71(7,8)9)39-61(69)64(62)68)49-37-52(42-20-14-11-15-21-42)63-53(38-49)51-22-16-17-23-54(51)67(63)55-33-44-32-45(55)34-56(44)67/h10-31,35-40,44-45,55-56H,32-34H2,1-9H3. The molecule has 4 unspecified atom stereocenters. The van der Waals surface area contributed by atoms with Crippen molar-refractivity contribution in [3.8, 4) is 33.4 Å². The van der Waals surface area contributed by atoms with E-state index >= 15 is 0 Å². The maximum absolute atomic E-state index is 2.74. The molecular weight excluding hydrogens is 872 g/mol. The van der Waals surface area contributed by atoms with Crippen molar-refractivity contribution < 1.29 is 0 Å². The Kier molecular flexibility index (Phi) is 9.09. The number of fused-ring (bicyclic) bond motifs is 7. The Morgan fingerprint density at radius 3 is 1.69 bits per heavy atom. The molecular formula is C67H65BN2Si. The van der Waals surface area contributed by atoms with Crippen molar-refractivity contribution in [2.24, 2.45) is 23.7 Å². The van der Waals surface area contributed by atoms with Crippen molar-refractivity contribution in [1.82, 2.24) is 0 Å². The minimum Gasteiger partial charge on any atom is -0.311 e. The van der Waals surface area contributed by atoms with Gasteiger partial charge in [-0.25, -0.2) is 0 Å². The van der Waals surface area contributed by atoms with E-state index in [1.165, 1.54) is 119 Å². The summed E-state index contributed by atoms with van der Waals surface area (Å²) in [5, 5.41) is 1.47. The largest absolute Gasteiger partial charge is 0.311 e. The zero-order valence-corrected chi connectivity index (χ0v) is 44.1. The molecule has 4 atom stereocenters. The molecule has 8 aromatic rings. The predicted molar refractivity (Wildman–Crippen MR) is 306 cm³/mol. The summed E-state index contributed by atoms with van der Waals surface area (Å²) in [5.41, 5.74) is 26.0. The number of hydrogen-bond acceptors (Lipinski definition) is 2. The topological polar surface area (TPSA) is 6.48 Å². The zero-order chi connectivity index (χ0) is 48.5. The highest BCUT2D eigenvalue weighted by atomic mass is 28.3. The number of hydrogen-bond donors (Lipinski definition) is 0. The van der Waals surface area contributed by atoms with Crippen LogP contribution in [0.4, 0.5) is 34.1 Å². The van der Waals surface area contributed by atoms with E-state index in [1.54, 1.807) is 11.1 Å². The Labute approximate surface area is 423 Å². The molecule has 0 aromatic heterocycles. The van der Waals surface area contributed by atoms with Crippen LogP contribution >= 0.6 is 0 Å². The molecule has 4 heteroatoms. The third-order valence-electron chi connectivity index (χ3n) is 18.5. The van der Waals surface area contributed by atoms with Gasteiger partial charge in [0.1, 0.15) is 0 Å². The lowest BCUT2D eigenvalue weighted by atomic mass is 9.33. The van der Waals surface area contributed by atoms with Crippen molar-refractivity contribution in [2.75, 3.05) is 9.80 Å². The van der Waals surface area contributed by atoms with E-state index < -0.39 is 8.07 Å². The van der Waals surface area contributed by atoms with E-state index in [1.807, 2.05) is 0 Å². The Balaban J connectivity index is 1.10. The first-order chi connectivity index (χ1) is 34.1. The van der Waals surface area contributed by atoms with Gasteiger partial charge in [-0.15, -0.1) is 0 Å². The lowest BCUT2D eigenvalue weighted by Crippen LogP contribution is -2.62. The summed E-state index contributed by atoms with van der Waals surface area (Å²) in [7, 11) is -1.93. The van der Waals surface area contributed by atoms with Gasteiger partial charge in [0.15, 0.2) is 0 Å². The van der Waals surface area contributed by atoms with Crippen LogP contribution in [-0.2, 0) is 16.2 Å². The van der Waals surface area contributed by atoms with Crippen molar-refractivity contribution in [2.45, 2.75) is 96.7 Å². The Hall–Kier alpha value is -6.36. The lowest BCUT2D eigenvalue weighted by molar-refractivity contribution is 0.308. The highest BCUT2D eigenvalue weighted by Crippen LogP contribution is 2.78. The highest BCUT2D eigenvalue weighted by Gasteiger charge is 2.71. The van der Waals surface area contributed by atoms with Crippen LogP contribution in [0.2, 0.25) is 19.6 Å². The maximum atomic E-state index is 2.74. The quantitative estimate of drug-likeness (QED) is 0.159. The lowest BCUT2D eigenvalue weighted by Gasteiger charge is -2.45. The van der Waals surface area contributed by atoms with Gasteiger partial charge in [0.25, 0.3) is 6.71 Å². The summed E-state index contributed by atoms with van der Waals surface area (Å²) in [6.45, 7) is 21.7. The first kappa shape index (κ1) is 43.4. The minimum absolute atomic E-state index is 0.0229. The average Bonchev–Trinajstić information content (AvgIpc) is 4.19. The van der Waals surface area contributed by atoms with E-state index in [-0.39, 0.29) is 23.0 Å². The molecule has 0 saturated heterocycles. The van der Waals surface area contributed by atoms with E-state index in [0.717, 1.165) is 11.8 Å². The molecule has 2 heterocycles. The maximum Gasteiger partial charge on any atom is 0.252 e. The Bertz CT molecular complexity index is 3480. The number of anilines is 6. The predicted octanol–water partition coefficient (Wildman–Crippen LogP) is 15.2. The highest BCUT2D eigenvalue weighted by molar-refractivity contribution is 7.00. The van der Waals surface area contributed by atoms with Crippen LogP contribution in [0.5, 0.6) is 0 Å². The second kappa shape index (κ2) is 14.9. The van der Waals surface area contributed by atoms with Crippen LogP contribution in [0, 0.1) is 23.7 Å². The van der Waals surface area contributed by atoms with Gasteiger partial charge in [0, 0.05) is 39.5 Å². The van der Waals surface area contributed by atoms with Gasteiger partial charge in [0.05, 0.1) is 8.07 Å². The molecule has 0 N–H and O–H groups in total. The summed E-state index contributed by atoms with van der Waals surface area (Å²) in [4.78, 5) is 5.37. The molecule has 5 aliphatic carbocycles. The summed E-state index contributed by atoms with van der Waals surface area (Å²) in [5.74, 6) is 3.08. The van der Waals surface area contributed by atoms with Crippen molar-refractivity contribution in [3.05, 3.63) is 192 Å². The fourth-order valence-corrected chi connectivity index (χ4v) is 16.4. The van der Waals surface area contributed by atoms with E-state index in [2.05, 4.69) is 241 Å². The number of nitrogens with zero attached hydrogens (tertiary/aromatic N) is 2. The molecule has 0 radical (unpaired) electrons. The molecule has 8 aromatic carbocycles. The summed E-state index contributed by atoms with van der Waals surface area (Å²) in [6.07, 6.45) is 4.19. The Morgan fingerprint density at radius 1 is 0.465 bits per heavy atom. The molecule has 2 nitrogen and oxygen atoms in total. The molecule has 4 fully saturated rings. The zero-order valence-electron chi connectivity index (χ0n) is 43.1. The van der Waals surface area contributed by atoms with Crippen LogP contribution < -0.4 is 31.4 Å². The molecule has 71 heavy (non-hydrogen) atoms. The second-order valence-electron chi connectivity index (χ2n) is 25.4. The van der Waals surface area contributed by atoms with Crippen molar-refractivity contribution in [3.63, 3.8) is 0 Å². The number of benzene rings is 8. The summed E-state index contributed by atoms with van der Waals surface area (Å²) in [6, 6.07) is 67.1. The van der Waals surface area contributed by atoms with E-state index in [9.17, 15) is 0 Å². The third-order valence-corrected chi connectivity index (χ3v) is 20.5. The molecule has 15 rings (SSSR count). The molecule has 4 bridgehead atoms. The molecule has 1 spiro atoms. The van der Waals surface area contributed by atoms with Gasteiger partial charge in [-0.05, 0) is 174 Å². The van der Waals surface area contributed by atoms with Gasteiger partial charge in [0.2, 0.25) is 0 Å². The van der Waals surface area contributed by atoms with Gasteiger partial charge in [-0.1, -0.05) is 188 Å². The van der Waals surface area contributed by atoms with Crippen LogP contribution in [0.1, 0.15) is 83.1 Å². The second-order valence-corrected chi connectivity index (χ2v) is 30.5. The fraction of sp³-hybridized carbons (Fsp3) is 0.284. The third kappa shape index (κ3) is 6.13. The van der Waals surface area contributed by atoms with Gasteiger partial charge < -0.3 is 9.80 Å². The van der Waals surface area contributed by atoms with Crippen molar-refractivity contribution >= 4 is 70.5 Å². The van der Waals surface area contributed by atoms with Crippen LogP contribution in [0.15, 0.2) is 170 Å². The van der Waals surface area contributed by atoms with Gasteiger partial charge in [-0.3, -0.25) is 0 Å². The molecule has 350 valence electrons. The molecule has 0 amide bonds. The first-order valence-electron chi connectivity index (χ1n) is 26.7. The van der Waals surface area contributed by atoms with Crippen LogP contribution in [0.25, 0.3) is 33.4 Å². The van der Waals surface area contributed by atoms with Gasteiger partial charge in [-0.2, -0.15) is 0 Å². The molecule has 4 saturated carbocycles. The minimum atomic E-state index is -1.93. The van der Waals surface area contributed by atoms with Crippen LogP contribution in [0.3, 0.4) is 0 Å². The monoisotopic (exact) mass is 937 g/mol. The van der Waals surface area contributed by atoms with E-state index in [0.29, 0.717) is 11.8 Å². The fourth-order valence-electron chi connectivity index (χ4n) is 15.3. The average molecular weight is 937 g/mol. The Morgan fingerprint density at radius 2 is 1.06 bits per heavy atom. The van der Waals surface area contributed by atoms with Crippen molar-refractivity contribution in [1.29, 1.82) is 0 Å². The first-order valence-corrected chi connectivity index (χ1v) is 30.2. The molecule has 2 aliphatic heterocycles. The summed E-state index contributed by atoms with van der Waals surface area (Å²) >= 11 is 0. The van der Waals surface area contributed by atoms with Gasteiger partial charge >= 0.3 is 0 Å². The normalized spacial score (nSPS) is 22.0. The number of rotatable bonds is 5. The smallest absolute Gasteiger partial charge is 0.252 e. The van der Waals surface area contributed by atoms with Crippen LogP contribution in [-0.4, -0.2) is 14.8 Å². The summed E-state index contributed by atoms with van der Waals surface area (Å²) < 4.78 is 0. The molecule has 7 aliphatic rings. The van der Waals surface area contributed by atoms with E-state index in [4.69, 9.17) is 0 Å².